The molecule has 1 N–H and O–H groups in total. The SMILES string of the molecule is CCc1ccc(C(C)NC(CC)COC)o1. The zero-order valence-corrected chi connectivity index (χ0v) is 10.7. The van der Waals surface area contributed by atoms with Gasteiger partial charge in [0, 0.05) is 19.6 Å². The Labute approximate surface area is 98.2 Å². The van der Waals surface area contributed by atoms with Gasteiger partial charge in [0.1, 0.15) is 11.5 Å². The lowest BCUT2D eigenvalue weighted by atomic mass is 10.2. The van der Waals surface area contributed by atoms with Crippen LogP contribution < -0.4 is 5.32 Å². The van der Waals surface area contributed by atoms with E-state index in [2.05, 4.69) is 32.2 Å². The lowest BCUT2D eigenvalue weighted by Gasteiger charge is -2.20. The van der Waals surface area contributed by atoms with Gasteiger partial charge in [0.2, 0.25) is 0 Å². The van der Waals surface area contributed by atoms with E-state index in [0.29, 0.717) is 6.04 Å². The van der Waals surface area contributed by atoms with Crippen molar-refractivity contribution in [3.8, 4) is 0 Å². The Morgan fingerprint density at radius 2 is 2.12 bits per heavy atom. The maximum atomic E-state index is 5.71. The third-order valence-corrected chi connectivity index (χ3v) is 2.80. The highest BCUT2D eigenvalue weighted by Gasteiger charge is 2.14. The van der Waals surface area contributed by atoms with Gasteiger partial charge in [0.05, 0.1) is 12.6 Å². The van der Waals surface area contributed by atoms with E-state index in [1.807, 2.05) is 6.07 Å². The average molecular weight is 225 g/mol. The van der Waals surface area contributed by atoms with Crippen LogP contribution in [0.25, 0.3) is 0 Å². The van der Waals surface area contributed by atoms with Crippen LogP contribution in [-0.4, -0.2) is 19.8 Å². The second kappa shape index (κ2) is 6.71. The topological polar surface area (TPSA) is 34.4 Å². The second-order valence-corrected chi connectivity index (χ2v) is 4.11. The molecule has 0 spiro atoms. The molecule has 2 atom stereocenters. The minimum Gasteiger partial charge on any atom is -0.464 e. The molecule has 0 saturated carbocycles. The molecule has 0 saturated heterocycles. The van der Waals surface area contributed by atoms with Crippen molar-refractivity contribution < 1.29 is 9.15 Å². The first-order chi connectivity index (χ1) is 7.71. The third kappa shape index (κ3) is 3.65. The van der Waals surface area contributed by atoms with Crippen LogP contribution in [0, 0.1) is 0 Å². The molecule has 3 heteroatoms. The normalized spacial score (nSPS) is 15.0. The molecule has 92 valence electrons. The highest BCUT2D eigenvalue weighted by Crippen LogP contribution is 2.17. The fraction of sp³-hybridized carbons (Fsp3) is 0.692. The van der Waals surface area contributed by atoms with Crippen LogP contribution in [0.4, 0.5) is 0 Å². The summed E-state index contributed by atoms with van der Waals surface area (Å²) in [5.41, 5.74) is 0. The van der Waals surface area contributed by atoms with E-state index in [9.17, 15) is 0 Å². The first kappa shape index (κ1) is 13.3. The van der Waals surface area contributed by atoms with Crippen molar-refractivity contribution in [2.24, 2.45) is 0 Å². The minimum atomic E-state index is 0.236. The van der Waals surface area contributed by atoms with E-state index < -0.39 is 0 Å². The summed E-state index contributed by atoms with van der Waals surface area (Å²) in [6, 6.07) is 4.72. The van der Waals surface area contributed by atoms with Crippen LogP contribution >= 0.6 is 0 Å². The summed E-state index contributed by atoms with van der Waals surface area (Å²) in [5, 5.41) is 3.50. The predicted octanol–water partition coefficient (Wildman–Crippen LogP) is 2.92. The number of rotatable bonds is 7. The average Bonchev–Trinajstić information content (AvgIpc) is 2.76. The molecule has 0 aliphatic heterocycles. The summed E-state index contributed by atoms with van der Waals surface area (Å²) in [5.74, 6) is 2.05. The van der Waals surface area contributed by atoms with Gasteiger partial charge in [-0.3, -0.25) is 0 Å². The summed E-state index contributed by atoms with van der Waals surface area (Å²) in [7, 11) is 1.73. The molecule has 1 heterocycles. The number of nitrogens with one attached hydrogen (secondary N) is 1. The smallest absolute Gasteiger partial charge is 0.120 e. The molecule has 1 aromatic heterocycles. The van der Waals surface area contributed by atoms with Crippen LogP contribution in [0.1, 0.15) is 44.8 Å². The number of furan rings is 1. The van der Waals surface area contributed by atoms with Gasteiger partial charge in [-0.25, -0.2) is 0 Å². The van der Waals surface area contributed by atoms with E-state index in [1.165, 1.54) is 0 Å². The lowest BCUT2D eigenvalue weighted by molar-refractivity contribution is 0.157. The summed E-state index contributed by atoms with van der Waals surface area (Å²) in [6.45, 7) is 7.11. The van der Waals surface area contributed by atoms with Crippen molar-refractivity contribution in [3.63, 3.8) is 0 Å². The van der Waals surface area contributed by atoms with E-state index in [4.69, 9.17) is 9.15 Å². The first-order valence-electron chi connectivity index (χ1n) is 6.04. The van der Waals surface area contributed by atoms with Gasteiger partial charge in [-0.2, -0.15) is 0 Å². The maximum absolute atomic E-state index is 5.71. The van der Waals surface area contributed by atoms with E-state index in [1.54, 1.807) is 7.11 Å². The summed E-state index contributed by atoms with van der Waals surface area (Å²) in [4.78, 5) is 0. The van der Waals surface area contributed by atoms with Gasteiger partial charge in [-0.15, -0.1) is 0 Å². The van der Waals surface area contributed by atoms with Crippen LogP contribution in [-0.2, 0) is 11.2 Å². The predicted molar refractivity (Wildman–Crippen MR) is 65.6 cm³/mol. The molecule has 3 nitrogen and oxygen atoms in total. The standard InChI is InChI=1S/C13H23NO2/c1-5-11(9-15-4)14-10(3)13-8-7-12(6-2)16-13/h7-8,10-11,14H,5-6,9H2,1-4H3. The number of aryl methyl sites for hydroxylation is 1. The fourth-order valence-electron chi connectivity index (χ4n) is 1.74. The van der Waals surface area contributed by atoms with E-state index in [0.717, 1.165) is 31.0 Å². The highest BCUT2D eigenvalue weighted by atomic mass is 16.5. The number of ether oxygens (including phenoxy) is 1. The largest absolute Gasteiger partial charge is 0.464 e. The molecule has 1 rings (SSSR count). The van der Waals surface area contributed by atoms with Gasteiger partial charge in [0.25, 0.3) is 0 Å². The van der Waals surface area contributed by atoms with Crippen LogP contribution in [0.5, 0.6) is 0 Å². The molecule has 0 aliphatic carbocycles. The number of methoxy groups -OCH3 is 1. The summed E-state index contributed by atoms with van der Waals surface area (Å²) < 4.78 is 10.9. The summed E-state index contributed by atoms with van der Waals surface area (Å²) in [6.07, 6.45) is 2.00. The Kier molecular flexibility index (Phi) is 5.56. The van der Waals surface area contributed by atoms with Gasteiger partial charge >= 0.3 is 0 Å². The molecule has 16 heavy (non-hydrogen) atoms. The molecule has 2 unspecified atom stereocenters. The Balaban J connectivity index is 2.52. The Morgan fingerprint density at radius 1 is 1.38 bits per heavy atom. The molecule has 0 bridgehead atoms. The molecule has 0 radical (unpaired) electrons. The fourth-order valence-corrected chi connectivity index (χ4v) is 1.74. The van der Waals surface area contributed by atoms with Crippen molar-refractivity contribution in [1.82, 2.24) is 5.32 Å². The second-order valence-electron chi connectivity index (χ2n) is 4.11. The Morgan fingerprint density at radius 3 is 2.62 bits per heavy atom. The van der Waals surface area contributed by atoms with Crippen LogP contribution in [0.15, 0.2) is 16.5 Å². The Hall–Kier alpha value is -0.800. The zero-order valence-electron chi connectivity index (χ0n) is 10.7. The van der Waals surface area contributed by atoms with Gasteiger partial charge in [-0.05, 0) is 25.5 Å². The number of hydrogen-bond donors (Lipinski definition) is 1. The van der Waals surface area contributed by atoms with Crippen molar-refractivity contribution in [2.45, 2.75) is 45.7 Å². The minimum absolute atomic E-state index is 0.236. The summed E-state index contributed by atoms with van der Waals surface area (Å²) >= 11 is 0. The molecule has 1 aromatic rings. The van der Waals surface area contributed by atoms with E-state index >= 15 is 0 Å². The van der Waals surface area contributed by atoms with Gasteiger partial charge in [0.15, 0.2) is 0 Å². The molecule has 0 amide bonds. The zero-order chi connectivity index (χ0) is 12.0. The number of hydrogen-bond acceptors (Lipinski definition) is 3. The van der Waals surface area contributed by atoms with E-state index in [-0.39, 0.29) is 6.04 Å². The monoisotopic (exact) mass is 225 g/mol. The Bertz CT molecular complexity index is 296. The van der Waals surface area contributed by atoms with Crippen LogP contribution in [0.2, 0.25) is 0 Å². The highest BCUT2D eigenvalue weighted by molar-refractivity contribution is 5.10. The molecule has 0 fully saturated rings. The molecular formula is C13H23NO2. The maximum Gasteiger partial charge on any atom is 0.120 e. The van der Waals surface area contributed by atoms with Crippen molar-refractivity contribution >= 4 is 0 Å². The van der Waals surface area contributed by atoms with Crippen molar-refractivity contribution in [3.05, 3.63) is 23.7 Å². The van der Waals surface area contributed by atoms with Gasteiger partial charge in [-0.1, -0.05) is 13.8 Å². The van der Waals surface area contributed by atoms with Gasteiger partial charge < -0.3 is 14.5 Å². The molecule has 0 aliphatic rings. The first-order valence-corrected chi connectivity index (χ1v) is 6.04. The van der Waals surface area contributed by atoms with Crippen molar-refractivity contribution in [2.75, 3.05) is 13.7 Å². The van der Waals surface area contributed by atoms with Crippen molar-refractivity contribution in [1.29, 1.82) is 0 Å². The molecular weight excluding hydrogens is 202 g/mol. The molecule has 0 aromatic carbocycles. The quantitative estimate of drug-likeness (QED) is 0.774. The van der Waals surface area contributed by atoms with Crippen LogP contribution in [0.3, 0.4) is 0 Å². The lowest BCUT2D eigenvalue weighted by Crippen LogP contribution is -2.34. The third-order valence-electron chi connectivity index (χ3n) is 2.80.